The Balaban J connectivity index is 1.78. The summed E-state index contributed by atoms with van der Waals surface area (Å²) in [6.07, 6.45) is 6.70. The molecule has 1 aliphatic heterocycles. The zero-order valence-electron chi connectivity index (χ0n) is 11.7. The summed E-state index contributed by atoms with van der Waals surface area (Å²) in [5, 5.41) is 9.40. The maximum atomic E-state index is 9.40. The van der Waals surface area contributed by atoms with Crippen LogP contribution in [0.2, 0.25) is 0 Å². The zero-order chi connectivity index (χ0) is 13.9. The predicted molar refractivity (Wildman–Crippen MR) is 77.4 cm³/mol. The van der Waals surface area contributed by atoms with Gasteiger partial charge in [-0.15, -0.1) is 0 Å². The van der Waals surface area contributed by atoms with Crippen LogP contribution in [0.15, 0.2) is 30.6 Å². The van der Waals surface area contributed by atoms with Crippen molar-refractivity contribution in [3.05, 3.63) is 41.7 Å². The Morgan fingerprint density at radius 1 is 1.50 bits per heavy atom. The van der Waals surface area contributed by atoms with Gasteiger partial charge in [0.2, 0.25) is 0 Å². The van der Waals surface area contributed by atoms with Gasteiger partial charge in [-0.05, 0) is 32.0 Å². The first-order chi connectivity index (χ1) is 9.78. The number of rotatable bonds is 4. The van der Waals surface area contributed by atoms with E-state index in [1.165, 1.54) is 0 Å². The highest BCUT2D eigenvalue weighted by molar-refractivity contribution is 5.65. The minimum absolute atomic E-state index is 0.350. The first-order valence-corrected chi connectivity index (χ1v) is 7.07. The van der Waals surface area contributed by atoms with E-state index in [2.05, 4.69) is 24.2 Å². The molecule has 3 heterocycles. The summed E-state index contributed by atoms with van der Waals surface area (Å²) in [6.45, 7) is 2.60. The molecule has 0 bridgehead atoms. The van der Waals surface area contributed by atoms with Crippen LogP contribution in [0.25, 0.3) is 5.52 Å². The number of hydrogen-bond acceptors (Lipinski definition) is 3. The van der Waals surface area contributed by atoms with Crippen LogP contribution < -0.4 is 0 Å². The molecule has 3 rings (SSSR count). The van der Waals surface area contributed by atoms with Crippen molar-refractivity contribution >= 4 is 5.52 Å². The molecule has 0 spiro atoms. The third kappa shape index (κ3) is 2.55. The molecule has 0 radical (unpaired) electrons. The largest absolute Gasteiger partial charge is 0.377 e. The van der Waals surface area contributed by atoms with E-state index >= 15 is 0 Å². The number of nitriles is 1. The molecule has 1 saturated heterocycles. The van der Waals surface area contributed by atoms with Gasteiger partial charge in [0.05, 0.1) is 17.2 Å². The standard InChI is InChI=1S/C16H19N3O/c1-18(12-14-5-4-8-20-14)10-13-11-19-7-3-2-6-16(19)15(13)9-17/h2-3,6-7,11,14H,4-5,8,10,12H2,1H3. The van der Waals surface area contributed by atoms with Gasteiger partial charge in [0.15, 0.2) is 0 Å². The van der Waals surface area contributed by atoms with Crippen LogP contribution in [0.3, 0.4) is 0 Å². The van der Waals surface area contributed by atoms with Gasteiger partial charge in [-0.1, -0.05) is 6.07 Å². The molecule has 1 aliphatic rings. The third-order valence-corrected chi connectivity index (χ3v) is 3.85. The van der Waals surface area contributed by atoms with E-state index in [0.29, 0.717) is 6.10 Å². The first-order valence-electron chi connectivity index (χ1n) is 7.07. The number of aromatic nitrogens is 1. The Labute approximate surface area is 119 Å². The van der Waals surface area contributed by atoms with Crippen LogP contribution >= 0.6 is 0 Å². The van der Waals surface area contributed by atoms with Crippen LogP contribution in [-0.4, -0.2) is 35.6 Å². The molecule has 0 aliphatic carbocycles. The number of likely N-dealkylation sites (N-methyl/N-ethyl adjacent to an activating group) is 1. The highest BCUT2D eigenvalue weighted by atomic mass is 16.5. The molecule has 1 fully saturated rings. The minimum atomic E-state index is 0.350. The van der Waals surface area contributed by atoms with Crippen LogP contribution in [0.1, 0.15) is 24.0 Å². The maximum absolute atomic E-state index is 9.40. The van der Waals surface area contributed by atoms with Crippen molar-refractivity contribution in [2.24, 2.45) is 0 Å². The van der Waals surface area contributed by atoms with Crippen molar-refractivity contribution in [1.82, 2.24) is 9.30 Å². The van der Waals surface area contributed by atoms with Crippen molar-refractivity contribution in [3.63, 3.8) is 0 Å². The first kappa shape index (κ1) is 13.2. The van der Waals surface area contributed by atoms with E-state index in [-0.39, 0.29) is 0 Å². The van der Waals surface area contributed by atoms with E-state index < -0.39 is 0 Å². The fraction of sp³-hybridized carbons (Fsp3) is 0.438. The highest BCUT2D eigenvalue weighted by Crippen LogP contribution is 2.20. The molecule has 2 aromatic heterocycles. The molecule has 0 N–H and O–H groups in total. The second-order valence-electron chi connectivity index (χ2n) is 5.47. The van der Waals surface area contributed by atoms with Crippen molar-refractivity contribution in [2.75, 3.05) is 20.2 Å². The average Bonchev–Trinajstić information content (AvgIpc) is 3.05. The monoisotopic (exact) mass is 269 g/mol. The maximum Gasteiger partial charge on any atom is 0.102 e. The van der Waals surface area contributed by atoms with Gasteiger partial charge in [-0.25, -0.2) is 0 Å². The second-order valence-corrected chi connectivity index (χ2v) is 5.47. The summed E-state index contributed by atoms with van der Waals surface area (Å²) in [5.41, 5.74) is 2.85. The Hall–Kier alpha value is -1.83. The van der Waals surface area contributed by atoms with Crippen LogP contribution in [-0.2, 0) is 11.3 Å². The van der Waals surface area contributed by atoms with E-state index in [9.17, 15) is 5.26 Å². The number of hydrogen-bond donors (Lipinski definition) is 0. The molecule has 1 unspecified atom stereocenters. The fourth-order valence-electron chi connectivity index (χ4n) is 2.92. The van der Waals surface area contributed by atoms with E-state index in [1.807, 2.05) is 28.8 Å². The zero-order valence-corrected chi connectivity index (χ0v) is 11.7. The average molecular weight is 269 g/mol. The summed E-state index contributed by atoms with van der Waals surface area (Å²) in [5.74, 6) is 0. The normalized spacial score (nSPS) is 18.8. The predicted octanol–water partition coefficient (Wildman–Crippen LogP) is 2.42. The lowest BCUT2D eigenvalue weighted by molar-refractivity contribution is 0.0793. The van der Waals surface area contributed by atoms with E-state index in [4.69, 9.17) is 4.74 Å². The molecule has 4 nitrogen and oxygen atoms in total. The summed E-state index contributed by atoms with van der Waals surface area (Å²) in [7, 11) is 2.09. The lowest BCUT2D eigenvalue weighted by Crippen LogP contribution is -2.28. The van der Waals surface area contributed by atoms with Crippen LogP contribution in [0, 0.1) is 11.3 Å². The highest BCUT2D eigenvalue weighted by Gasteiger charge is 2.18. The Morgan fingerprint density at radius 3 is 3.15 bits per heavy atom. The molecule has 0 aromatic carbocycles. The minimum Gasteiger partial charge on any atom is -0.377 e. The van der Waals surface area contributed by atoms with Crippen molar-refractivity contribution in [3.8, 4) is 6.07 Å². The van der Waals surface area contributed by atoms with Gasteiger partial charge in [-0.2, -0.15) is 5.26 Å². The Kier molecular flexibility index (Phi) is 3.72. The number of pyridine rings is 1. The van der Waals surface area contributed by atoms with E-state index in [0.717, 1.165) is 49.2 Å². The second kappa shape index (κ2) is 5.66. The van der Waals surface area contributed by atoms with Crippen molar-refractivity contribution in [1.29, 1.82) is 5.26 Å². The Morgan fingerprint density at radius 2 is 2.40 bits per heavy atom. The lowest BCUT2D eigenvalue weighted by atomic mass is 10.1. The molecule has 104 valence electrons. The number of ether oxygens (including phenoxy) is 1. The summed E-state index contributed by atoms with van der Waals surface area (Å²) in [6, 6.07) is 8.28. The summed E-state index contributed by atoms with van der Waals surface area (Å²) in [4.78, 5) is 2.24. The lowest BCUT2D eigenvalue weighted by Gasteiger charge is -2.20. The number of fused-ring (bicyclic) bond motifs is 1. The van der Waals surface area contributed by atoms with Crippen molar-refractivity contribution < 1.29 is 4.74 Å². The summed E-state index contributed by atoms with van der Waals surface area (Å²) < 4.78 is 7.69. The van der Waals surface area contributed by atoms with Gasteiger partial charge >= 0.3 is 0 Å². The summed E-state index contributed by atoms with van der Waals surface area (Å²) >= 11 is 0. The van der Waals surface area contributed by atoms with Gasteiger partial charge in [-0.3, -0.25) is 4.90 Å². The molecular formula is C16H19N3O. The topological polar surface area (TPSA) is 40.7 Å². The molecule has 4 heteroatoms. The van der Waals surface area contributed by atoms with Crippen LogP contribution in [0.4, 0.5) is 0 Å². The fourth-order valence-corrected chi connectivity index (χ4v) is 2.92. The smallest absolute Gasteiger partial charge is 0.102 e. The molecule has 0 amide bonds. The van der Waals surface area contributed by atoms with E-state index in [1.54, 1.807) is 0 Å². The molecule has 2 aromatic rings. The molecule has 1 atom stereocenters. The van der Waals surface area contributed by atoms with Gasteiger partial charge in [0.1, 0.15) is 6.07 Å². The Bertz CT molecular complexity index is 635. The molecule has 0 saturated carbocycles. The molecular weight excluding hydrogens is 250 g/mol. The van der Waals surface area contributed by atoms with Gasteiger partial charge < -0.3 is 9.14 Å². The van der Waals surface area contributed by atoms with Crippen molar-refractivity contribution in [2.45, 2.75) is 25.5 Å². The number of nitrogens with zero attached hydrogens (tertiary/aromatic N) is 3. The van der Waals surface area contributed by atoms with Gasteiger partial charge in [0.25, 0.3) is 0 Å². The van der Waals surface area contributed by atoms with Crippen LogP contribution in [0.5, 0.6) is 0 Å². The SMILES string of the molecule is CN(Cc1cn2ccccc2c1C#N)CC1CCCO1. The quantitative estimate of drug-likeness (QED) is 0.856. The van der Waals surface area contributed by atoms with Gasteiger partial charge in [0, 0.05) is 37.7 Å². The molecule has 20 heavy (non-hydrogen) atoms. The third-order valence-electron chi connectivity index (χ3n) is 3.85.